The molecule has 3 N–H and O–H groups in total. The zero-order chi connectivity index (χ0) is 7.61. The highest BCUT2D eigenvalue weighted by Crippen LogP contribution is 2.10. The first-order chi connectivity index (χ1) is 4.64. The van der Waals surface area contributed by atoms with Crippen LogP contribution in [0.15, 0.2) is 0 Å². The Morgan fingerprint density at radius 2 is 1.80 bits per heavy atom. The summed E-state index contributed by atoms with van der Waals surface area (Å²) in [7, 11) is -2.72. The van der Waals surface area contributed by atoms with Crippen molar-refractivity contribution in [2.45, 2.75) is 18.9 Å². The second-order valence-electron chi connectivity index (χ2n) is 2.59. The van der Waals surface area contributed by atoms with Crippen molar-refractivity contribution in [3.63, 3.8) is 0 Å². The predicted octanol–water partition coefficient (Wildman–Crippen LogP) is -0.973. The van der Waals surface area contributed by atoms with Crippen LogP contribution in [0.1, 0.15) is 12.8 Å². The molecule has 60 valence electrons. The standard InChI is InChI=1S/C5H12N2O2S/c6-7-5-1-3-10(8,9)4-2-5/h5,7H,1-4,6H2. The second-order valence-corrected chi connectivity index (χ2v) is 4.90. The van der Waals surface area contributed by atoms with E-state index in [4.69, 9.17) is 5.84 Å². The van der Waals surface area contributed by atoms with Gasteiger partial charge in [0.15, 0.2) is 0 Å². The normalized spacial score (nSPS) is 26.5. The van der Waals surface area contributed by atoms with E-state index in [1.54, 1.807) is 0 Å². The lowest BCUT2D eigenvalue weighted by Gasteiger charge is -2.20. The van der Waals surface area contributed by atoms with Gasteiger partial charge >= 0.3 is 0 Å². The summed E-state index contributed by atoms with van der Waals surface area (Å²) in [6, 6.07) is 0.198. The van der Waals surface area contributed by atoms with Crippen molar-refractivity contribution in [3.05, 3.63) is 0 Å². The molecule has 0 radical (unpaired) electrons. The molecular weight excluding hydrogens is 152 g/mol. The number of hydrogen-bond acceptors (Lipinski definition) is 4. The maximum atomic E-state index is 10.8. The van der Waals surface area contributed by atoms with Crippen molar-refractivity contribution in [2.24, 2.45) is 5.84 Å². The Hall–Kier alpha value is -0.130. The third-order valence-electron chi connectivity index (χ3n) is 1.79. The number of nitrogens with one attached hydrogen (secondary N) is 1. The van der Waals surface area contributed by atoms with Gasteiger partial charge in [-0.25, -0.2) is 8.42 Å². The van der Waals surface area contributed by atoms with Crippen LogP contribution >= 0.6 is 0 Å². The van der Waals surface area contributed by atoms with Crippen LogP contribution in [0.4, 0.5) is 0 Å². The highest BCUT2D eigenvalue weighted by Gasteiger charge is 2.21. The average molecular weight is 164 g/mol. The quantitative estimate of drug-likeness (QED) is 0.386. The fourth-order valence-electron chi connectivity index (χ4n) is 1.06. The molecule has 0 aromatic carbocycles. The van der Waals surface area contributed by atoms with Gasteiger partial charge in [-0.2, -0.15) is 0 Å². The number of nitrogens with two attached hydrogens (primary N) is 1. The molecule has 1 heterocycles. The maximum Gasteiger partial charge on any atom is 0.150 e. The smallest absolute Gasteiger partial charge is 0.150 e. The molecule has 0 aromatic rings. The van der Waals surface area contributed by atoms with Crippen LogP contribution in [0.3, 0.4) is 0 Å². The Morgan fingerprint density at radius 1 is 1.30 bits per heavy atom. The Labute approximate surface area is 60.7 Å². The minimum Gasteiger partial charge on any atom is -0.271 e. The summed E-state index contributed by atoms with van der Waals surface area (Å²) < 4.78 is 21.7. The van der Waals surface area contributed by atoms with Crippen LogP contribution in [0, 0.1) is 0 Å². The summed E-state index contributed by atoms with van der Waals surface area (Å²) in [5.41, 5.74) is 2.58. The van der Waals surface area contributed by atoms with Crippen LogP contribution in [0.2, 0.25) is 0 Å². The summed E-state index contributed by atoms with van der Waals surface area (Å²) in [4.78, 5) is 0. The maximum absolute atomic E-state index is 10.8. The largest absolute Gasteiger partial charge is 0.271 e. The Balaban J connectivity index is 2.46. The zero-order valence-electron chi connectivity index (χ0n) is 5.71. The van der Waals surface area contributed by atoms with Crippen molar-refractivity contribution in [1.82, 2.24) is 5.43 Å². The summed E-state index contributed by atoms with van der Waals surface area (Å²) in [5, 5.41) is 0. The molecule has 0 aliphatic carbocycles. The summed E-state index contributed by atoms with van der Waals surface area (Å²) in [6.07, 6.45) is 1.30. The SMILES string of the molecule is NNC1CCS(=O)(=O)CC1. The molecule has 4 nitrogen and oxygen atoms in total. The summed E-state index contributed by atoms with van der Waals surface area (Å²) in [6.45, 7) is 0. The highest BCUT2D eigenvalue weighted by atomic mass is 32.2. The zero-order valence-corrected chi connectivity index (χ0v) is 6.52. The van der Waals surface area contributed by atoms with E-state index >= 15 is 0 Å². The van der Waals surface area contributed by atoms with Crippen molar-refractivity contribution in [1.29, 1.82) is 0 Å². The van der Waals surface area contributed by atoms with E-state index in [1.165, 1.54) is 0 Å². The Bertz CT molecular complexity index is 186. The van der Waals surface area contributed by atoms with E-state index in [0.29, 0.717) is 12.8 Å². The first-order valence-corrected chi connectivity index (χ1v) is 5.13. The van der Waals surface area contributed by atoms with E-state index in [9.17, 15) is 8.42 Å². The molecular formula is C5H12N2O2S. The topological polar surface area (TPSA) is 72.2 Å². The molecule has 1 aliphatic heterocycles. The molecule has 10 heavy (non-hydrogen) atoms. The third-order valence-corrected chi connectivity index (χ3v) is 3.51. The predicted molar refractivity (Wildman–Crippen MR) is 39.0 cm³/mol. The van der Waals surface area contributed by atoms with E-state index in [0.717, 1.165) is 0 Å². The van der Waals surface area contributed by atoms with Crippen LogP contribution in [0.5, 0.6) is 0 Å². The van der Waals surface area contributed by atoms with Gasteiger partial charge in [-0.05, 0) is 12.8 Å². The highest BCUT2D eigenvalue weighted by molar-refractivity contribution is 7.91. The lowest BCUT2D eigenvalue weighted by Crippen LogP contribution is -2.41. The van der Waals surface area contributed by atoms with Gasteiger partial charge in [0.1, 0.15) is 9.84 Å². The minimum atomic E-state index is -2.72. The van der Waals surface area contributed by atoms with Gasteiger partial charge in [-0.15, -0.1) is 0 Å². The van der Waals surface area contributed by atoms with Gasteiger partial charge < -0.3 is 0 Å². The van der Waals surface area contributed by atoms with E-state index in [1.807, 2.05) is 0 Å². The number of hydrazine groups is 1. The lowest BCUT2D eigenvalue weighted by atomic mass is 10.2. The molecule has 0 aromatic heterocycles. The van der Waals surface area contributed by atoms with Gasteiger partial charge in [-0.1, -0.05) is 0 Å². The average Bonchev–Trinajstić information content (AvgIpc) is 1.88. The van der Waals surface area contributed by atoms with Crippen molar-refractivity contribution >= 4 is 9.84 Å². The van der Waals surface area contributed by atoms with Gasteiger partial charge in [0, 0.05) is 6.04 Å². The molecule has 5 heteroatoms. The Morgan fingerprint density at radius 3 is 2.20 bits per heavy atom. The number of hydrogen-bond donors (Lipinski definition) is 2. The Kier molecular flexibility index (Phi) is 2.28. The van der Waals surface area contributed by atoms with Crippen molar-refractivity contribution in [3.8, 4) is 0 Å². The third kappa shape index (κ3) is 1.93. The van der Waals surface area contributed by atoms with Crippen LogP contribution in [-0.2, 0) is 9.84 Å². The van der Waals surface area contributed by atoms with Gasteiger partial charge in [-0.3, -0.25) is 11.3 Å². The molecule has 0 bridgehead atoms. The monoisotopic (exact) mass is 164 g/mol. The molecule has 1 fully saturated rings. The fourth-order valence-corrected chi connectivity index (χ4v) is 2.55. The first kappa shape index (κ1) is 7.97. The molecule has 0 amide bonds. The van der Waals surface area contributed by atoms with E-state index in [2.05, 4.69) is 5.43 Å². The molecule has 0 atom stereocenters. The molecule has 0 spiro atoms. The van der Waals surface area contributed by atoms with Gasteiger partial charge in [0.2, 0.25) is 0 Å². The van der Waals surface area contributed by atoms with Crippen molar-refractivity contribution < 1.29 is 8.42 Å². The fraction of sp³-hybridized carbons (Fsp3) is 1.00. The van der Waals surface area contributed by atoms with Gasteiger partial charge in [0.05, 0.1) is 11.5 Å². The van der Waals surface area contributed by atoms with Gasteiger partial charge in [0.25, 0.3) is 0 Å². The molecule has 1 aliphatic rings. The molecule has 0 saturated carbocycles. The minimum absolute atomic E-state index is 0.198. The first-order valence-electron chi connectivity index (χ1n) is 3.30. The number of rotatable bonds is 1. The van der Waals surface area contributed by atoms with E-state index in [-0.39, 0.29) is 17.5 Å². The molecule has 1 saturated heterocycles. The van der Waals surface area contributed by atoms with Crippen LogP contribution < -0.4 is 11.3 Å². The van der Waals surface area contributed by atoms with E-state index < -0.39 is 9.84 Å². The number of sulfone groups is 1. The van der Waals surface area contributed by atoms with Crippen LogP contribution in [0.25, 0.3) is 0 Å². The molecule has 1 rings (SSSR count). The van der Waals surface area contributed by atoms with Crippen molar-refractivity contribution in [2.75, 3.05) is 11.5 Å². The molecule has 0 unspecified atom stereocenters. The lowest BCUT2D eigenvalue weighted by molar-refractivity contribution is 0.475. The summed E-state index contributed by atoms with van der Waals surface area (Å²) >= 11 is 0. The second kappa shape index (κ2) is 2.86. The van der Waals surface area contributed by atoms with Crippen LogP contribution in [-0.4, -0.2) is 26.0 Å². The summed E-state index contributed by atoms with van der Waals surface area (Å²) in [5.74, 6) is 5.71.